The van der Waals surface area contributed by atoms with Gasteiger partial charge in [0, 0.05) is 27.3 Å². The average Bonchev–Trinajstić information content (AvgIpc) is 3.54. The van der Waals surface area contributed by atoms with Crippen LogP contribution in [-0.4, -0.2) is 4.57 Å². The van der Waals surface area contributed by atoms with Gasteiger partial charge in [-0.05, 0) is 58.0 Å². The second-order valence-corrected chi connectivity index (χ2v) is 11.7. The summed E-state index contributed by atoms with van der Waals surface area (Å²) in [5, 5.41) is 4.88. The fraction of sp³-hybridized carbons (Fsp3) is 0.0244. The first kappa shape index (κ1) is 23.0. The van der Waals surface area contributed by atoms with Crippen molar-refractivity contribution in [1.82, 2.24) is 4.57 Å². The standard InChI is InChI=1S/C41H25NO/c1-2-14-27-26(12-1)13-11-22-36(27)42-37-21-9-5-17-30(37)31-24-40-35(25-38(31)42)41(34-20-8-10-23-39(34)43-40)32-18-6-3-15-28(32)29-16-4-7-19-33(29)41/h1-25H. The first-order chi connectivity index (χ1) is 21.3. The Kier molecular flexibility index (Phi) is 4.41. The van der Waals surface area contributed by atoms with Crippen LogP contribution in [0, 0.1) is 0 Å². The molecule has 10 rings (SSSR count). The van der Waals surface area contributed by atoms with Crippen LogP contribution in [0.2, 0.25) is 0 Å². The SMILES string of the molecule is c1ccc2c(c1)Oc1cc3c4ccccc4n(-c4cccc5ccccc45)c3cc1C21c2ccccc2-c2ccccc21. The van der Waals surface area contributed by atoms with E-state index in [0.29, 0.717) is 0 Å². The number of hydrogen-bond acceptors (Lipinski definition) is 1. The van der Waals surface area contributed by atoms with Gasteiger partial charge >= 0.3 is 0 Å². The molecule has 0 atom stereocenters. The highest BCUT2D eigenvalue weighted by Gasteiger charge is 2.51. The lowest BCUT2D eigenvalue weighted by Crippen LogP contribution is -2.32. The molecule has 1 spiro atoms. The molecule has 1 aliphatic heterocycles. The molecule has 0 fully saturated rings. The van der Waals surface area contributed by atoms with Crippen LogP contribution in [0.1, 0.15) is 22.3 Å². The van der Waals surface area contributed by atoms with Crippen LogP contribution < -0.4 is 4.74 Å². The molecular weight excluding hydrogens is 522 g/mol. The third kappa shape index (κ3) is 2.83. The average molecular weight is 548 g/mol. The van der Waals surface area contributed by atoms with Crippen molar-refractivity contribution in [2.24, 2.45) is 0 Å². The zero-order valence-corrected chi connectivity index (χ0v) is 23.3. The number of para-hydroxylation sites is 2. The summed E-state index contributed by atoms with van der Waals surface area (Å²) in [6, 6.07) is 55.1. The van der Waals surface area contributed by atoms with Gasteiger partial charge in [-0.25, -0.2) is 0 Å². The van der Waals surface area contributed by atoms with Crippen molar-refractivity contribution in [1.29, 1.82) is 0 Å². The molecule has 0 saturated carbocycles. The molecule has 2 nitrogen and oxygen atoms in total. The Bertz CT molecular complexity index is 2400. The van der Waals surface area contributed by atoms with Gasteiger partial charge in [-0.15, -0.1) is 0 Å². The molecule has 200 valence electrons. The van der Waals surface area contributed by atoms with E-state index < -0.39 is 5.41 Å². The summed E-state index contributed by atoms with van der Waals surface area (Å²) in [5.41, 5.74) is 10.6. The number of benzene rings is 7. The highest BCUT2D eigenvalue weighted by molar-refractivity contribution is 6.12. The fourth-order valence-electron chi connectivity index (χ4n) is 7.98. The molecule has 8 aromatic rings. The number of ether oxygens (including phenoxy) is 1. The summed E-state index contributed by atoms with van der Waals surface area (Å²) in [4.78, 5) is 0. The van der Waals surface area contributed by atoms with Crippen LogP contribution >= 0.6 is 0 Å². The van der Waals surface area contributed by atoms with Gasteiger partial charge in [-0.1, -0.05) is 121 Å². The van der Waals surface area contributed by atoms with Gasteiger partial charge in [-0.3, -0.25) is 0 Å². The normalized spacial score (nSPS) is 14.0. The van der Waals surface area contributed by atoms with E-state index >= 15 is 0 Å². The molecule has 2 heterocycles. The molecule has 0 N–H and O–H groups in total. The number of nitrogens with zero attached hydrogens (tertiary/aromatic N) is 1. The van der Waals surface area contributed by atoms with E-state index in [9.17, 15) is 0 Å². The van der Waals surface area contributed by atoms with E-state index in [1.54, 1.807) is 0 Å². The third-order valence-electron chi connectivity index (χ3n) is 9.65. The molecule has 0 radical (unpaired) electrons. The highest BCUT2D eigenvalue weighted by Crippen LogP contribution is 2.62. The summed E-state index contributed by atoms with van der Waals surface area (Å²) < 4.78 is 9.28. The number of fused-ring (bicyclic) bond motifs is 13. The van der Waals surface area contributed by atoms with E-state index in [1.165, 1.54) is 71.6 Å². The number of hydrogen-bond donors (Lipinski definition) is 0. The second kappa shape index (κ2) is 8.24. The summed E-state index contributed by atoms with van der Waals surface area (Å²) in [5.74, 6) is 1.83. The van der Waals surface area contributed by atoms with Crippen LogP contribution in [0.5, 0.6) is 11.5 Å². The topological polar surface area (TPSA) is 14.2 Å². The van der Waals surface area contributed by atoms with E-state index in [4.69, 9.17) is 4.74 Å². The maximum absolute atomic E-state index is 6.83. The molecular formula is C41H25NO. The van der Waals surface area contributed by atoms with Gasteiger partial charge in [0.2, 0.25) is 0 Å². The molecule has 0 bridgehead atoms. The van der Waals surface area contributed by atoms with Crippen molar-refractivity contribution < 1.29 is 4.74 Å². The minimum Gasteiger partial charge on any atom is -0.457 e. The van der Waals surface area contributed by atoms with Gasteiger partial charge in [0.25, 0.3) is 0 Å². The molecule has 0 saturated heterocycles. The molecule has 2 aliphatic rings. The Labute approximate surface area is 249 Å². The van der Waals surface area contributed by atoms with Crippen LogP contribution in [0.15, 0.2) is 152 Å². The Morgan fingerprint density at radius 3 is 1.86 bits per heavy atom. The summed E-state index contributed by atoms with van der Waals surface area (Å²) in [6.45, 7) is 0. The molecule has 2 heteroatoms. The van der Waals surface area contributed by atoms with Gasteiger partial charge in [0.1, 0.15) is 11.5 Å². The smallest absolute Gasteiger partial charge is 0.133 e. The van der Waals surface area contributed by atoms with Crippen LogP contribution in [0.25, 0.3) is 49.4 Å². The predicted octanol–water partition coefficient (Wildman–Crippen LogP) is 10.4. The van der Waals surface area contributed by atoms with Crippen molar-refractivity contribution in [3.63, 3.8) is 0 Å². The zero-order chi connectivity index (χ0) is 28.1. The van der Waals surface area contributed by atoms with Crippen LogP contribution in [-0.2, 0) is 5.41 Å². The van der Waals surface area contributed by atoms with Crippen molar-refractivity contribution in [2.75, 3.05) is 0 Å². The van der Waals surface area contributed by atoms with Crippen molar-refractivity contribution in [3.8, 4) is 28.3 Å². The number of aromatic nitrogens is 1. The van der Waals surface area contributed by atoms with Gasteiger partial charge in [0.05, 0.1) is 22.1 Å². The second-order valence-electron chi connectivity index (χ2n) is 11.7. The highest BCUT2D eigenvalue weighted by atomic mass is 16.5. The molecule has 7 aromatic carbocycles. The third-order valence-corrected chi connectivity index (χ3v) is 9.65. The van der Waals surface area contributed by atoms with Crippen LogP contribution in [0.4, 0.5) is 0 Å². The Hall–Kier alpha value is -5.60. The lowest BCUT2D eigenvalue weighted by Gasteiger charge is -2.39. The van der Waals surface area contributed by atoms with Crippen molar-refractivity contribution in [3.05, 3.63) is 174 Å². The molecule has 0 unspecified atom stereocenters. The Morgan fingerprint density at radius 1 is 0.419 bits per heavy atom. The first-order valence-electron chi connectivity index (χ1n) is 14.9. The fourth-order valence-corrected chi connectivity index (χ4v) is 7.98. The summed E-state index contributed by atoms with van der Waals surface area (Å²) in [6.07, 6.45) is 0. The minimum absolute atomic E-state index is 0.494. The quantitative estimate of drug-likeness (QED) is 0.199. The van der Waals surface area contributed by atoms with Gasteiger partial charge in [0.15, 0.2) is 0 Å². The molecule has 1 aliphatic carbocycles. The zero-order valence-electron chi connectivity index (χ0n) is 23.3. The van der Waals surface area contributed by atoms with E-state index in [2.05, 4.69) is 156 Å². The van der Waals surface area contributed by atoms with Crippen molar-refractivity contribution in [2.45, 2.75) is 5.41 Å². The van der Waals surface area contributed by atoms with Crippen LogP contribution in [0.3, 0.4) is 0 Å². The summed E-state index contributed by atoms with van der Waals surface area (Å²) in [7, 11) is 0. The Balaban J connectivity index is 1.40. The van der Waals surface area contributed by atoms with Gasteiger partial charge in [-0.2, -0.15) is 0 Å². The lowest BCUT2D eigenvalue weighted by molar-refractivity contribution is 0.437. The van der Waals surface area contributed by atoms with E-state index in [-0.39, 0.29) is 0 Å². The largest absolute Gasteiger partial charge is 0.457 e. The summed E-state index contributed by atoms with van der Waals surface area (Å²) >= 11 is 0. The van der Waals surface area contributed by atoms with E-state index in [0.717, 1.165) is 11.5 Å². The predicted molar refractivity (Wildman–Crippen MR) is 176 cm³/mol. The Morgan fingerprint density at radius 2 is 1.05 bits per heavy atom. The lowest BCUT2D eigenvalue weighted by atomic mass is 9.66. The maximum Gasteiger partial charge on any atom is 0.133 e. The molecule has 43 heavy (non-hydrogen) atoms. The van der Waals surface area contributed by atoms with Gasteiger partial charge < -0.3 is 9.30 Å². The monoisotopic (exact) mass is 547 g/mol. The first-order valence-corrected chi connectivity index (χ1v) is 14.9. The van der Waals surface area contributed by atoms with E-state index in [1.807, 2.05) is 0 Å². The maximum atomic E-state index is 6.83. The minimum atomic E-state index is -0.494. The van der Waals surface area contributed by atoms with Crippen molar-refractivity contribution >= 4 is 32.6 Å². The number of rotatable bonds is 1. The molecule has 0 amide bonds. The molecule has 1 aromatic heterocycles.